The van der Waals surface area contributed by atoms with Crippen molar-refractivity contribution in [3.63, 3.8) is 0 Å². The van der Waals surface area contributed by atoms with Crippen LogP contribution in [0.4, 0.5) is 0 Å². The van der Waals surface area contributed by atoms with Gasteiger partial charge in [0.15, 0.2) is 0 Å². The van der Waals surface area contributed by atoms with Gasteiger partial charge in [-0.05, 0) is 31.2 Å². The molecule has 0 N–H and O–H groups in total. The predicted molar refractivity (Wildman–Crippen MR) is 75.4 cm³/mol. The monoisotopic (exact) mass is 263 g/mol. The fourth-order valence-electron chi connectivity index (χ4n) is 2.38. The molecule has 3 aromatic rings. The first-order chi connectivity index (χ1) is 9.72. The molecule has 0 aliphatic carbocycles. The summed E-state index contributed by atoms with van der Waals surface area (Å²) in [5.74, 6) is -0.658. The highest BCUT2D eigenvalue weighted by Gasteiger charge is 2.19. The van der Waals surface area contributed by atoms with Gasteiger partial charge in [0.1, 0.15) is 5.69 Å². The lowest BCUT2D eigenvalue weighted by molar-refractivity contribution is 0.105. The van der Waals surface area contributed by atoms with Crippen molar-refractivity contribution in [2.45, 2.75) is 6.92 Å². The normalized spacial score (nSPS) is 10.7. The molecule has 0 saturated heterocycles. The maximum atomic E-state index is 11.9. The van der Waals surface area contributed by atoms with E-state index in [0.717, 1.165) is 16.8 Å². The van der Waals surface area contributed by atoms with Gasteiger partial charge in [-0.25, -0.2) is 0 Å². The van der Waals surface area contributed by atoms with Crippen LogP contribution >= 0.6 is 0 Å². The Kier molecular flexibility index (Phi) is 2.91. The van der Waals surface area contributed by atoms with Crippen LogP contribution in [0, 0.1) is 6.92 Å². The van der Waals surface area contributed by atoms with E-state index in [9.17, 15) is 9.59 Å². The zero-order chi connectivity index (χ0) is 14.1. The first-order valence-electron chi connectivity index (χ1n) is 6.17. The van der Waals surface area contributed by atoms with E-state index in [1.54, 1.807) is 16.8 Å². The van der Waals surface area contributed by atoms with Crippen molar-refractivity contribution >= 4 is 17.6 Å². The van der Waals surface area contributed by atoms with Crippen molar-refractivity contribution in [2.75, 3.05) is 0 Å². The highest BCUT2D eigenvalue weighted by atomic mass is 16.2. The molecule has 3 aromatic heterocycles. The summed E-state index contributed by atoms with van der Waals surface area (Å²) < 4.78 is 1.70. The SMILES string of the molecule is Cc1ncccc1-c1cc2ccccn2c1C(=O)[C]=O. The van der Waals surface area contributed by atoms with E-state index in [1.807, 2.05) is 43.3 Å². The molecule has 0 aliphatic heterocycles. The number of nitrogens with zero attached hydrogens (tertiary/aromatic N) is 2. The molecule has 97 valence electrons. The van der Waals surface area contributed by atoms with Crippen LogP contribution in [0.1, 0.15) is 16.2 Å². The summed E-state index contributed by atoms with van der Waals surface area (Å²) in [7, 11) is 0. The Bertz CT molecular complexity index is 818. The van der Waals surface area contributed by atoms with Crippen molar-refractivity contribution < 1.29 is 9.59 Å². The summed E-state index contributed by atoms with van der Waals surface area (Å²) in [6, 6.07) is 11.2. The number of rotatable bonds is 3. The summed E-state index contributed by atoms with van der Waals surface area (Å²) in [5.41, 5.74) is 3.53. The standard InChI is InChI=1S/C16H11N2O2/c1-11-13(6-4-7-17-11)14-9-12-5-2-3-8-18(12)16(14)15(20)10-19/h2-9H,1H3. The molecule has 0 fully saturated rings. The van der Waals surface area contributed by atoms with Crippen LogP contribution in [0.15, 0.2) is 48.8 Å². The second kappa shape index (κ2) is 4.74. The molecule has 4 nitrogen and oxygen atoms in total. The largest absolute Gasteiger partial charge is 0.313 e. The minimum Gasteiger partial charge on any atom is -0.313 e. The lowest BCUT2D eigenvalue weighted by Crippen LogP contribution is -2.06. The second-order valence-corrected chi connectivity index (χ2v) is 4.47. The Morgan fingerprint density at radius 2 is 2.05 bits per heavy atom. The third-order valence-corrected chi connectivity index (χ3v) is 3.28. The minimum atomic E-state index is -0.658. The van der Waals surface area contributed by atoms with Crippen molar-refractivity contribution in [3.05, 3.63) is 60.2 Å². The Hall–Kier alpha value is -2.75. The quantitative estimate of drug-likeness (QED) is 0.539. The van der Waals surface area contributed by atoms with E-state index < -0.39 is 5.78 Å². The van der Waals surface area contributed by atoms with Crippen LogP contribution in [-0.4, -0.2) is 21.5 Å². The molecule has 20 heavy (non-hydrogen) atoms. The number of Topliss-reactive ketones (excluding diaryl/α,β-unsaturated/α-hetero) is 1. The molecule has 0 bridgehead atoms. The van der Waals surface area contributed by atoms with Gasteiger partial charge >= 0.3 is 0 Å². The summed E-state index contributed by atoms with van der Waals surface area (Å²) >= 11 is 0. The molecule has 3 heterocycles. The number of fused-ring (bicyclic) bond motifs is 1. The van der Waals surface area contributed by atoms with Crippen LogP contribution in [0.5, 0.6) is 0 Å². The molecule has 1 radical (unpaired) electrons. The van der Waals surface area contributed by atoms with Crippen LogP contribution in [0.25, 0.3) is 16.6 Å². The zero-order valence-electron chi connectivity index (χ0n) is 10.8. The fraction of sp³-hybridized carbons (Fsp3) is 0.0625. The van der Waals surface area contributed by atoms with Gasteiger partial charge in [-0.1, -0.05) is 12.1 Å². The van der Waals surface area contributed by atoms with Crippen LogP contribution < -0.4 is 0 Å². The van der Waals surface area contributed by atoms with Crippen LogP contribution in [0.3, 0.4) is 0 Å². The molecule has 0 unspecified atom stereocenters. The highest BCUT2D eigenvalue weighted by molar-refractivity contribution is 6.35. The third-order valence-electron chi connectivity index (χ3n) is 3.28. The third kappa shape index (κ3) is 1.82. The maximum Gasteiger partial charge on any atom is 0.279 e. The van der Waals surface area contributed by atoms with E-state index in [1.165, 1.54) is 6.29 Å². The van der Waals surface area contributed by atoms with Crippen molar-refractivity contribution in [2.24, 2.45) is 0 Å². The molecule has 4 heteroatoms. The number of hydrogen-bond donors (Lipinski definition) is 0. The molecule has 0 amide bonds. The Morgan fingerprint density at radius 1 is 1.20 bits per heavy atom. The van der Waals surface area contributed by atoms with Gasteiger partial charge in [0, 0.05) is 34.7 Å². The summed E-state index contributed by atoms with van der Waals surface area (Å²) in [5, 5.41) is 0. The second-order valence-electron chi connectivity index (χ2n) is 4.47. The zero-order valence-corrected chi connectivity index (χ0v) is 10.8. The number of carbonyl (C=O) groups excluding carboxylic acids is 2. The first kappa shape index (κ1) is 12.3. The maximum absolute atomic E-state index is 11.9. The number of ketones is 1. The molecule has 0 saturated carbocycles. The van der Waals surface area contributed by atoms with E-state index in [0.29, 0.717) is 11.3 Å². The number of aryl methyl sites for hydroxylation is 1. The molecular weight excluding hydrogens is 252 g/mol. The first-order valence-corrected chi connectivity index (χ1v) is 6.17. The van der Waals surface area contributed by atoms with Gasteiger partial charge in [0.25, 0.3) is 12.1 Å². The summed E-state index contributed by atoms with van der Waals surface area (Å²) in [6.07, 6.45) is 4.91. The Labute approximate surface area is 115 Å². The van der Waals surface area contributed by atoms with E-state index in [-0.39, 0.29) is 0 Å². The molecule has 0 atom stereocenters. The summed E-state index contributed by atoms with van der Waals surface area (Å²) in [6.45, 7) is 1.87. The van der Waals surface area contributed by atoms with Crippen molar-refractivity contribution in [3.8, 4) is 11.1 Å². The lowest BCUT2D eigenvalue weighted by atomic mass is 10.0. The van der Waals surface area contributed by atoms with Gasteiger partial charge in [0.05, 0.1) is 0 Å². The van der Waals surface area contributed by atoms with E-state index in [4.69, 9.17) is 0 Å². The molecule has 0 aromatic carbocycles. The van der Waals surface area contributed by atoms with Gasteiger partial charge in [-0.3, -0.25) is 14.6 Å². The highest BCUT2D eigenvalue weighted by Crippen LogP contribution is 2.29. The average molecular weight is 263 g/mol. The number of pyridine rings is 2. The number of aromatic nitrogens is 2. The fourth-order valence-corrected chi connectivity index (χ4v) is 2.38. The molecule has 0 aliphatic rings. The minimum absolute atomic E-state index is 0.326. The van der Waals surface area contributed by atoms with Gasteiger partial charge < -0.3 is 4.40 Å². The number of carbonyl (C=O) groups is 1. The van der Waals surface area contributed by atoms with Crippen molar-refractivity contribution in [1.82, 2.24) is 9.38 Å². The van der Waals surface area contributed by atoms with Gasteiger partial charge in [0.2, 0.25) is 0 Å². The van der Waals surface area contributed by atoms with Crippen LogP contribution in [-0.2, 0) is 4.79 Å². The van der Waals surface area contributed by atoms with Gasteiger partial charge in [-0.2, -0.15) is 0 Å². The lowest BCUT2D eigenvalue weighted by Gasteiger charge is -2.05. The number of hydrogen-bond acceptors (Lipinski definition) is 3. The van der Waals surface area contributed by atoms with E-state index >= 15 is 0 Å². The van der Waals surface area contributed by atoms with Gasteiger partial charge in [-0.15, -0.1) is 0 Å². The van der Waals surface area contributed by atoms with Crippen molar-refractivity contribution in [1.29, 1.82) is 0 Å². The van der Waals surface area contributed by atoms with E-state index in [2.05, 4.69) is 4.98 Å². The van der Waals surface area contributed by atoms with Crippen LogP contribution in [0.2, 0.25) is 0 Å². The summed E-state index contributed by atoms with van der Waals surface area (Å²) in [4.78, 5) is 27.0. The smallest absolute Gasteiger partial charge is 0.279 e. The molecular formula is C16H11N2O2. The molecule has 0 spiro atoms. The Morgan fingerprint density at radius 3 is 2.80 bits per heavy atom. The topological polar surface area (TPSA) is 51.4 Å². The predicted octanol–water partition coefficient (Wildman–Crippen LogP) is 2.60. The Balaban J connectivity index is 2.38. The molecule has 3 rings (SSSR count). The average Bonchev–Trinajstić information content (AvgIpc) is 2.86.